The molecule has 24 heavy (non-hydrogen) atoms. The Morgan fingerprint density at radius 2 is 1.58 bits per heavy atom. The van der Waals surface area contributed by atoms with Gasteiger partial charge in [0.25, 0.3) is 0 Å². The minimum Gasteiger partial charge on any atom is -0.482 e. The fourth-order valence-electron chi connectivity index (χ4n) is 3.00. The third-order valence-corrected chi connectivity index (χ3v) is 4.22. The quantitative estimate of drug-likeness (QED) is 0.540. The van der Waals surface area contributed by atoms with Crippen molar-refractivity contribution in [3.63, 3.8) is 0 Å². The molecule has 0 amide bonds. The summed E-state index contributed by atoms with van der Waals surface area (Å²) < 4.78 is 5.87. The standard InChI is InChI=1S/C21H17NO2/c1-14(21(23)15-7-3-2-4-8-15)24-16-11-12-18-17-9-5-6-10-19(17)22-20(18)13-16/h2-14,22H,1H3/t14-/m0/s1. The minimum absolute atomic E-state index is 0.0210. The Kier molecular flexibility index (Phi) is 3.54. The molecule has 0 aliphatic carbocycles. The van der Waals surface area contributed by atoms with Gasteiger partial charge in [-0.05, 0) is 25.1 Å². The lowest BCUT2D eigenvalue weighted by molar-refractivity contribution is 0.0818. The van der Waals surface area contributed by atoms with E-state index in [0.29, 0.717) is 11.3 Å². The van der Waals surface area contributed by atoms with Crippen LogP contribution in [0.3, 0.4) is 0 Å². The molecule has 118 valence electrons. The highest BCUT2D eigenvalue weighted by Gasteiger charge is 2.17. The Bertz CT molecular complexity index is 1020. The molecule has 4 rings (SSSR count). The zero-order valence-electron chi connectivity index (χ0n) is 13.3. The minimum atomic E-state index is -0.533. The van der Waals surface area contributed by atoms with Crippen LogP contribution < -0.4 is 4.74 Å². The number of aromatic amines is 1. The van der Waals surface area contributed by atoms with Crippen LogP contribution >= 0.6 is 0 Å². The number of ether oxygens (including phenoxy) is 1. The molecule has 3 nitrogen and oxygen atoms in total. The zero-order valence-corrected chi connectivity index (χ0v) is 13.3. The number of hydrogen-bond acceptors (Lipinski definition) is 2. The molecule has 0 bridgehead atoms. The summed E-state index contributed by atoms with van der Waals surface area (Å²) in [6, 6.07) is 23.3. The van der Waals surface area contributed by atoms with Crippen molar-refractivity contribution < 1.29 is 9.53 Å². The van der Waals surface area contributed by atoms with Gasteiger partial charge in [0.15, 0.2) is 6.10 Å². The first kappa shape index (κ1) is 14.5. The fourth-order valence-corrected chi connectivity index (χ4v) is 3.00. The summed E-state index contributed by atoms with van der Waals surface area (Å²) in [7, 11) is 0. The first-order valence-electron chi connectivity index (χ1n) is 7.99. The highest BCUT2D eigenvalue weighted by Crippen LogP contribution is 2.28. The van der Waals surface area contributed by atoms with Crippen molar-refractivity contribution in [3.05, 3.63) is 78.4 Å². The third kappa shape index (κ3) is 2.54. The van der Waals surface area contributed by atoms with Gasteiger partial charge in [0, 0.05) is 27.9 Å². The molecule has 0 unspecified atom stereocenters. The predicted octanol–water partition coefficient (Wildman–Crippen LogP) is 4.97. The van der Waals surface area contributed by atoms with Gasteiger partial charge in [-0.25, -0.2) is 0 Å². The fraction of sp³-hybridized carbons (Fsp3) is 0.0952. The van der Waals surface area contributed by atoms with E-state index in [4.69, 9.17) is 4.74 Å². The maximum Gasteiger partial charge on any atom is 0.202 e. The molecule has 3 aromatic carbocycles. The molecular formula is C21H17NO2. The summed E-state index contributed by atoms with van der Waals surface area (Å²) in [4.78, 5) is 15.8. The van der Waals surface area contributed by atoms with Crippen molar-refractivity contribution in [2.24, 2.45) is 0 Å². The number of ketones is 1. The number of rotatable bonds is 4. The van der Waals surface area contributed by atoms with E-state index in [1.54, 1.807) is 6.92 Å². The summed E-state index contributed by atoms with van der Waals surface area (Å²) in [5.41, 5.74) is 2.77. The first-order valence-corrected chi connectivity index (χ1v) is 7.99. The van der Waals surface area contributed by atoms with Gasteiger partial charge in [-0.3, -0.25) is 4.79 Å². The second-order valence-electron chi connectivity index (χ2n) is 5.87. The van der Waals surface area contributed by atoms with Crippen molar-refractivity contribution >= 4 is 27.6 Å². The van der Waals surface area contributed by atoms with Crippen molar-refractivity contribution in [1.29, 1.82) is 0 Å². The molecule has 0 aliphatic heterocycles. The molecule has 1 N–H and O–H groups in total. The Labute approximate surface area is 139 Å². The van der Waals surface area contributed by atoms with Crippen LogP contribution in [0, 0.1) is 0 Å². The number of nitrogens with one attached hydrogen (secondary N) is 1. The normalized spacial score (nSPS) is 12.4. The summed E-state index contributed by atoms with van der Waals surface area (Å²) in [5, 5.41) is 2.34. The molecule has 0 radical (unpaired) electrons. The molecule has 0 spiro atoms. The molecule has 4 aromatic rings. The number of fused-ring (bicyclic) bond motifs is 3. The predicted molar refractivity (Wildman–Crippen MR) is 96.7 cm³/mol. The van der Waals surface area contributed by atoms with Gasteiger partial charge in [0.2, 0.25) is 5.78 Å². The molecule has 0 saturated carbocycles. The Morgan fingerprint density at radius 1 is 0.875 bits per heavy atom. The molecule has 0 aliphatic rings. The average molecular weight is 315 g/mol. The third-order valence-electron chi connectivity index (χ3n) is 4.22. The summed E-state index contributed by atoms with van der Waals surface area (Å²) in [6.45, 7) is 1.78. The Morgan fingerprint density at radius 3 is 2.42 bits per heavy atom. The van der Waals surface area contributed by atoms with Gasteiger partial charge >= 0.3 is 0 Å². The van der Waals surface area contributed by atoms with E-state index in [2.05, 4.69) is 17.1 Å². The Balaban J connectivity index is 1.62. The number of carbonyl (C=O) groups excluding carboxylic acids is 1. The lowest BCUT2D eigenvalue weighted by Crippen LogP contribution is -2.23. The Hall–Kier alpha value is -3.07. The smallest absolute Gasteiger partial charge is 0.202 e. The maximum atomic E-state index is 12.4. The van der Waals surface area contributed by atoms with Gasteiger partial charge < -0.3 is 9.72 Å². The lowest BCUT2D eigenvalue weighted by atomic mass is 10.1. The molecule has 0 fully saturated rings. The lowest BCUT2D eigenvalue weighted by Gasteiger charge is -2.13. The van der Waals surface area contributed by atoms with Crippen molar-refractivity contribution in [3.8, 4) is 5.75 Å². The van der Waals surface area contributed by atoms with Crippen LogP contribution in [0.1, 0.15) is 17.3 Å². The number of para-hydroxylation sites is 1. The van der Waals surface area contributed by atoms with Crippen molar-refractivity contribution in [2.45, 2.75) is 13.0 Å². The van der Waals surface area contributed by atoms with Gasteiger partial charge in [-0.2, -0.15) is 0 Å². The number of benzene rings is 3. The van der Waals surface area contributed by atoms with Crippen LogP contribution in [0.15, 0.2) is 72.8 Å². The number of Topliss-reactive ketones (excluding diaryl/α,β-unsaturated/α-hetero) is 1. The van der Waals surface area contributed by atoms with E-state index in [1.165, 1.54) is 5.39 Å². The van der Waals surface area contributed by atoms with E-state index < -0.39 is 6.10 Å². The monoisotopic (exact) mass is 315 g/mol. The van der Waals surface area contributed by atoms with Crippen molar-refractivity contribution in [1.82, 2.24) is 4.98 Å². The van der Waals surface area contributed by atoms with Crippen LogP contribution in [0.4, 0.5) is 0 Å². The van der Waals surface area contributed by atoms with Crippen molar-refractivity contribution in [2.75, 3.05) is 0 Å². The van der Waals surface area contributed by atoms with Crippen LogP contribution in [0.5, 0.6) is 5.75 Å². The maximum absolute atomic E-state index is 12.4. The van der Waals surface area contributed by atoms with E-state index in [0.717, 1.165) is 16.4 Å². The zero-order chi connectivity index (χ0) is 16.5. The van der Waals surface area contributed by atoms with Crippen LogP contribution in [0.2, 0.25) is 0 Å². The highest BCUT2D eigenvalue weighted by atomic mass is 16.5. The van der Waals surface area contributed by atoms with E-state index in [9.17, 15) is 4.79 Å². The first-order chi connectivity index (χ1) is 11.7. The molecule has 1 heterocycles. The van der Waals surface area contributed by atoms with Gasteiger partial charge in [-0.15, -0.1) is 0 Å². The second-order valence-corrected chi connectivity index (χ2v) is 5.87. The number of hydrogen-bond donors (Lipinski definition) is 1. The van der Waals surface area contributed by atoms with E-state index >= 15 is 0 Å². The second kappa shape index (κ2) is 5.85. The molecule has 0 saturated heterocycles. The number of carbonyl (C=O) groups is 1. The van der Waals surface area contributed by atoms with Crippen LogP contribution in [-0.2, 0) is 0 Å². The summed E-state index contributed by atoms with van der Waals surface area (Å²) in [6.07, 6.45) is -0.533. The average Bonchev–Trinajstić information content (AvgIpc) is 2.99. The topological polar surface area (TPSA) is 42.1 Å². The molecular weight excluding hydrogens is 298 g/mol. The summed E-state index contributed by atoms with van der Waals surface area (Å²) in [5.74, 6) is 0.665. The van der Waals surface area contributed by atoms with E-state index in [-0.39, 0.29) is 5.78 Å². The van der Waals surface area contributed by atoms with Gasteiger partial charge in [-0.1, -0.05) is 48.5 Å². The molecule has 1 aromatic heterocycles. The SMILES string of the molecule is C[C@H](Oc1ccc2c(c1)[nH]c1ccccc12)C(=O)c1ccccc1. The van der Waals surface area contributed by atoms with E-state index in [1.807, 2.05) is 60.7 Å². The number of H-pyrrole nitrogens is 1. The molecule has 3 heteroatoms. The van der Waals surface area contributed by atoms with Gasteiger partial charge in [0.1, 0.15) is 5.75 Å². The van der Waals surface area contributed by atoms with Gasteiger partial charge in [0.05, 0.1) is 5.52 Å². The highest BCUT2D eigenvalue weighted by molar-refractivity contribution is 6.07. The summed E-state index contributed by atoms with van der Waals surface area (Å²) >= 11 is 0. The van der Waals surface area contributed by atoms with Crippen LogP contribution in [-0.4, -0.2) is 16.9 Å². The molecule has 1 atom stereocenters. The van der Waals surface area contributed by atoms with Crippen LogP contribution in [0.25, 0.3) is 21.8 Å². The number of aromatic nitrogens is 1. The largest absolute Gasteiger partial charge is 0.482 e.